The van der Waals surface area contributed by atoms with Gasteiger partial charge in [0, 0.05) is 11.5 Å². The predicted octanol–water partition coefficient (Wildman–Crippen LogP) is 1.14. The molecule has 0 saturated heterocycles. The van der Waals surface area contributed by atoms with Crippen LogP contribution in [0.3, 0.4) is 0 Å². The van der Waals surface area contributed by atoms with Crippen molar-refractivity contribution in [1.82, 2.24) is 4.72 Å². The van der Waals surface area contributed by atoms with Crippen molar-refractivity contribution >= 4 is 10.0 Å². The summed E-state index contributed by atoms with van der Waals surface area (Å²) in [5, 5.41) is 18.6. The standard InChI is InChI=1S/C14H18N2O3S/c1-14(2)12(7-13(14)17)16-20(18,19)9-11-6-4-3-5-10(11)8-15/h3-6,12-13,16-17H,7,9H2,1-2H3. The van der Waals surface area contributed by atoms with Gasteiger partial charge >= 0.3 is 0 Å². The lowest BCUT2D eigenvalue weighted by atomic mass is 9.65. The first-order valence-electron chi connectivity index (χ1n) is 6.42. The van der Waals surface area contributed by atoms with Crippen molar-refractivity contribution in [3.05, 3.63) is 35.4 Å². The number of nitriles is 1. The Morgan fingerprint density at radius 2 is 2.10 bits per heavy atom. The fourth-order valence-electron chi connectivity index (χ4n) is 2.32. The van der Waals surface area contributed by atoms with Gasteiger partial charge in [0.25, 0.3) is 0 Å². The highest BCUT2D eigenvalue weighted by molar-refractivity contribution is 7.88. The molecule has 0 aliphatic heterocycles. The van der Waals surface area contributed by atoms with Gasteiger partial charge in [-0.15, -0.1) is 0 Å². The van der Waals surface area contributed by atoms with Crippen LogP contribution in [-0.2, 0) is 15.8 Å². The third-order valence-corrected chi connectivity index (χ3v) is 5.36. The average Bonchev–Trinajstić information content (AvgIpc) is 2.38. The Balaban J connectivity index is 2.11. The second kappa shape index (κ2) is 5.17. The van der Waals surface area contributed by atoms with Gasteiger partial charge in [0.15, 0.2) is 0 Å². The molecule has 2 atom stereocenters. The molecule has 2 unspecified atom stereocenters. The Hall–Kier alpha value is -1.42. The first kappa shape index (κ1) is 15.0. The Bertz CT molecular complexity index is 647. The second-order valence-electron chi connectivity index (χ2n) is 5.77. The zero-order chi connectivity index (χ0) is 15.0. The Morgan fingerprint density at radius 3 is 2.65 bits per heavy atom. The molecule has 2 rings (SSSR count). The van der Waals surface area contributed by atoms with E-state index in [0.717, 1.165) is 0 Å². The van der Waals surface area contributed by atoms with E-state index < -0.39 is 21.5 Å². The smallest absolute Gasteiger partial charge is 0.216 e. The van der Waals surface area contributed by atoms with Crippen LogP contribution in [0.5, 0.6) is 0 Å². The van der Waals surface area contributed by atoms with E-state index in [1.807, 2.05) is 19.9 Å². The number of rotatable bonds is 4. The highest BCUT2D eigenvalue weighted by Gasteiger charge is 2.48. The molecule has 0 spiro atoms. The van der Waals surface area contributed by atoms with E-state index in [1.165, 1.54) is 0 Å². The van der Waals surface area contributed by atoms with Gasteiger partial charge in [0.05, 0.1) is 23.5 Å². The summed E-state index contributed by atoms with van der Waals surface area (Å²) in [5.41, 5.74) is 0.396. The van der Waals surface area contributed by atoms with Crippen molar-refractivity contribution in [2.75, 3.05) is 0 Å². The number of aliphatic hydroxyl groups excluding tert-OH is 1. The van der Waals surface area contributed by atoms with Gasteiger partial charge in [-0.1, -0.05) is 32.0 Å². The van der Waals surface area contributed by atoms with Gasteiger partial charge in [0.2, 0.25) is 10.0 Å². The summed E-state index contributed by atoms with van der Waals surface area (Å²) in [6.45, 7) is 3.66. The first-order chi connectivity index (χ1) is 9.26. The van der Waals surface area contributed by atoms with Crippen molar-refractivity contribution in [3.63, 3.8) is 0 Å². The maximum Gasteiger partial charge on any atom is 0.216 e. The van der Waals surface area contributed by atoms with Crippen LogP contribution < -0.4 is 4.72 Å². The lowest BCUT2D eigenvalue weighted by Crippen LogP contribution is -2.61. The van der Waals surface area contributed by atoms with E-state index in [1.54, 1.807) is 24.3 Å². The highest BCUT2D eigenvalue weighted by Crippen LogP contribution is 2.40. The molecular formula is C14H18N2O3S. The van der Waals surface area contributed by atoms with Gasteiger partial charge in [-0.25, -0.2) is 13.1 Å². The molecule has 1 aromatic rings. The molecule has 108 valence electrons. The van der Waals surface area contributed by atoms with Crippen LogP contribution in [0.2, 0.25) is 0 Å². The summed E-state index contributed by atoms with van der Waals surface area (Å²) < 4.78 is 26.9. The molecule has 0 aromatic heterocycles. The lowest BCUT2D eigenvalue weighted by Gasteiger charge is -2.49. The number of nitrogens with zero attached hydrogens (tertiary/aromatic N) is 1. The molecule has 6 heteroatoms. The molecule has 2 N–H and O–H groups in total. The number of benzene rings is 1. The molecular weight excluding hydrogens is 276 g/mol. The lowest BCUT2D eigenvalue weighted by molar-refractivity contribution is -0.0645. The normalized spacial score (nSPS) is 24.7. The molecule has 1 fully saturated rings. The zero-order valence-corrected chi connectivity index (χ0v) is 12.3. The molecule has 0 bridgehead atoms. The summed E-state index contributed by atoms with van der Waals surface area (Å²) in [6.07, 6.45) is -0.0619. The molecule has 1 saturated carbocycles. The fourth-order valence-corrected chi connectivity index (χ4v) is 3.90. The van der Waals surface area contributed by atoms with E-state index in [0.29, 0.717) is 17.5 Å². The van der Waals surface area contributed by atoms with Gasteiger partial charge < -0.3 is 5.11 Å². The summed E-state index contributed by atoms with van der Waals surface area (Å²) in [4.78, 5) is 0. The van der Waals surface area contributed by atoms with Crippen LogP contribution in [0.4, 0.5) is 0 Å². The topological polar surface area (TPSA) is 90.2 Å². The average molecular weight is 294 g/mol. The van der Waals surface area contributed by atoms with Gasteiger partial charge in [-0.05, 0) is 18.1 Å². The zero-order valence-electron chi connectivity index (χ0n) is 11.5. The van der Waals surface area contributed by atoms with E-state index in [-0.39, 0.29) is 11.8 Å². The Morgan fingerprint density at radius 1 is 1.45 bits per heavy atom. The second-order valence-corrected chi connectivity index (χ2v) is 7.53. The maximum absolute atomic E-state index is 12.2. The number of aliphatic hydroxyl groups is 1. The SMILES string of the molecule is CC1(C)C(O)CC1NS(=O)(=O)Cc1ccccc1C#N. The van der Waals surface area contributed by atoms with Crippen LogP contribution in [0, 0.1) is 16.7 Å². The number of hydrogen-bond donors (Lipinski definition) is 2. The monoisotopic (exact) mass is 294 g/mol. The Labute approximate surface area is 119 Å². The van der Waals surface area contributed by atoms with Gasteiger partial charge in [-0.3, -0.25) is 0 Å². The van der Waals surface area contributed by atoms with Crippen molar-refractivity contribution in [1.29, 1.82) is 5.26 Å². The predicted molar refractivity (Wildman–Crippen MR) is 75.1 cm³/mol. The van der Waals surface area contributed by atoms with Crippen LogP contribution in [0.25, 0.3) is 0 Å². The van der Waals surface area contributed by atoms with E-state index in [4.69, 9.17) is 5.26 Å². The molecule has 1 aliphatic carbocycles. The van der Waals surface area contributed by atoms with Crippen LogP contribution >= 0.6 is 0 Å². The minimum atomic E-state index is -3.53. The van der Waals surface area contributed by atoms with Crippen LogP contribution in [0.15, 0.2) is 24.3 Å². The van der Waals surface area contributed by atoms with E-state index >= 15 is 0 Å². The highest BCUT2D eigenvalue weighted by atomic mass is 32.2. The molecule has 1 aromatic carbocycles. The third kappa shape index (κ3) is 2.85. The minimum Gasteiger partial charge on any atom is -0.392 e. The summed E-state index contributed by atoms with van der Waals surface area (Å²) in [5.74, 6) is -0.223. The molecule has 5 nitrogen and oxygen atoms in total. The van der Waals surface area contributed by atoms with Gasteiger partial charge in [-0.2, -0.15) is 5.26 Å². The van der Waals surface area contributed by atoms with Crippen molar-refractivity contribution in [3.8, 4) is 6.07 Å². The van der Waals surface area contributed by atoms with Crippen LogP contribution in [0.1, 0.15) is 31.4 Å². The maximum atomic E-state index is 12.2. The van der Waals surface area contributed by atoms with Gasteiger partial charge in [0.1, 0.15) is 0 Å². The summed E-state index contributed by atoms with van der Waals surface area (Å²) in [6, 6.07) is 8.37. The quantitative estimate of drug-likeness (QED) is 0.871. The van der Waals surface area contributed by atoms with Crippen molar-refractivity contribution < 1.29 is 13.5 Å². The fraction of sp³-hybridized carbons (Fsp3) is 0.500. The molecule has 0 amide bonds. The largest absolute Gasteiger partial charge is 0.392 e. The summed E-state index contributed by atoms with van der Waals surface area (Å²) in [7, 11) is -3.53. The van der Waals surface area contributed by atoms with Crippen molar-refractivity contribution in [2.45, 2.75) is 38.2 Å². The molecule has 0 heterocycles. The number of sulfonamides is 1. The molecule has 20 heavy (non-hydrogen) atoms. The van der Waals surface area contributed by atoms with Crippen molar-refractivity contribution in [2.24, 2.45) is 5.41 Å². The van der Waals surface area contributed by atoms with E-state index in [9.17, 15) is 13.5 Å². The molecule has 0 radical (unpaired) electrons. The first-order valence-corrected chi connectivity index (χ1v) is 8.07. The number of hydrogen-bond acceptors (Lipinski definition) is 4. The van der Waals surface area contributed by atoms with Crippen LogP contribution in [-0.4, -0.2) is 25.7 Å². The summed E-state index contributed by atoms with van der Waals surface area (Å²) >= 11 is 0. The Kier molecular flexibility index (Phi) is 3.87. The molecule has 1 aliphatic rings. The van der Waals surface area contributed by atoms with E-state index in [2.05, 4.69) is 4.72 Å². The third-order valence-electron chi connectivity index (χ3n) is 4.02. The number of nitrogens with one attached hydrogen (secondary N) is 1. The minimum absolute atomic E-state index is 0.223.